The van der Waals surface area contributed by atoms with Gasteiger partial charge in [-0.05, 0) is 25.9 Å². The van der Waals surface area contributed by atoms with Gasteiger partial charge in [-0.15, -0.1) is 0 Å². The van der Waals surface area contributed by atoms with Crippen molar-refractivity contribution >= 4 is 29.7 Å². The van der Waals surface area contributed by atoms with Crippen LogP contribution in [-0.4, -0.2) is 70.3 Å². The summed E-state index contributed by atoms with van der Waals surface area (Å²) >= 11 is 0. The Morgan fingerprint density at radius 1 is 0.759 bits per heavy atom. The molecule has 29 heavy (non-hydrogen) atoms. The van der Waals surface area contributed by atoms with Gasteiger partial charge in [0.2, 0.25) is 17.9 Å². The first-order chi connectivity index (χ1) is 13.0. The number of carboxylic acid groups (broad SMARTS) is 3. The Morgan fingerprint density at radius 2 is 1.00 bits per heavy atom. The molecule has 0 aromatic carbocycles. The van der Waals surface area contributed by atoms with Gasteiger partial charge in [-0.1, -0.05) is 0 Å². The zero-order valence-corrected chi connectivity index (χ0v) is 15.2. The van der Waals surface area contributed by atoms with Gasteiger partial charge in [0.15, 0.2) is 0 Å². The maximum atomic E-state index is 10.6. The highest BCUT2D eigenvalue weighted by Gasteiger charge is 2.38. The third-order valence-corrected chi connectivity index (χ3v) is 2.03. The van der Waals surface area contributed by atoms with E-state index in [9.17, 15) is 32.3 Å². The summed E-state index contributed by atoms with van der Waals surface area (Å²) in [5.74, 6) is -6.36. The van der Waals surface area contributed by atoms with Crippen LogP contribution >= 0.6 is 0 Å². The van der Waals surface area contributed by atoms with Gasteiger partial charge in [-0.2, -0.15) is 13.2 Å². The van der Waals surface area contributed by atoms with Crippen molar-refractivity contribution < 1.29 is 52.5 Å². The van der Waals surface area contributed by atoms with Gasteiger partial charge in [0.1, 0.15) is 0 Å². The largest absolute Gasteiger partial charge is 0.490 e. The zero-order valence-electron chi connectivity index (χ0n) is 15.2. The van der Waals surface area contributed by atoms with E-state index in [0.29, 0.717) is 38.8 Å². The Labute approximate surface area is 163 Å². The molecule has 0 saturated heterocycles. The molecule has 0 aliphatic carbocycles. The molecule has 0 unspecified atom stereocenters. The third-order valence-electron chi connectivity index (χ3n) is 2.03. The third kappa shape index (κ3) is 36.7. The van der Waals surface area contributed by atoms with Crippen LogP contribution in [0.5, 0.6) is 0 Å². The molecule has 0 saturated carbocycles. The summed E-state index contributed by atoms with van der Waals surface area (Å²) in [6, 6.07) is -1.80. The molecule has 16 heteroatoms. The summed E-state index contributed by atoms with van der Waals surface area (Å²) in [6.45, 7) is 1.09. The molecule has 0 radical (unpaired) electrons. The van der Waals surface area contributed by atoms with Crippen molar-refractivity contribution in [2.45, 2.75) is 37.9 Å². The van der Waals surface area contributed by atoms with Crippen LogP contribution in [0.15, 0.2) is 0 Å². The van der Waals surface area contributed by atoms with Crippen molar-refractivity contribution in [1.29, 1.82) is 0 Å². The number of primary amides is 2. The molecule has 0 aliphatic rings. The minimum absolute atomic E-state index is 0.273. The number of carboxylic acids is 3. The van der Waals surface area contributed by atoms with Gasteiger partial charge in [0.05, 0.1) is 0 Å². The van der Waals surface area contributed by atoms with Crippen LogP contribution in [0.25, 0.3) is 0 Å². The molecule has 0 aliphatic heterocycles. The van der Waals surface area contributed by atoms with Crippen molar-refractivity contribution in [3.63, 3.8) is 0 Å². The predicted molar refractivity (Wildman–Crippen MR) is 91.9 cm³/mol. The molecule has 0 fully saturated rings. The average molecular weight is 437 g/mol. The van der Waals surface area contributed by atoms with Crippen LogP contribution in [0.3, 0.4) is 0 Å². The van der Waals surface area contributed by atoms with Crippen LogP contribution in [0.4, 0.5) is 13.2 Å². The van der Waals surface area contributed by atoms with E-state index in [2.05, 4.69) is 5.73 Å². The first-order valence-electron chi connectivity index (χ1n) is 7.52. The summed E-state index contributed by atoms with van der Waals surface area (Å²) in [5, 5.41) is 22.8. The second-order valence-corrected chi connectivity index (χ2v) is 4.67. The minimum atomic E-state index is -5.08. The minimum Gasteiger partial charge on any atom is -0.480 e. The lowest BCUT2D eigenvalue weighted by atomic mass is 10.3. The lowest BCUT2D eigenvalue weighted by Gasteiger charge is -1.95. The summed E-state index contributed by atoms with van der Waals surface area (Å²) in [4.78, 5) is 48.0. The molecule has 13 N–H and O–H groups in total. The lowest BCUT2D eigenvalue weighted by molar-refractivity contribution is -0.192. The molecule has 0 rings (SSSR count). The standard InChI is InChI=1S/2C4H10N2O.C3H5NO4.C2HF3O2/c2*5-3-1-2-4(6)7;4-1(2(5)6)3(7)8;3-2(4,5)1(6)7/h2*1-3,5H2,(H2,6,7);1H,4H2,(H,5,6)(H,7,8);(H,6,7). The fraction of sp³-hybridized carbons (Fsp3) is 0.615. The van der Waals surface area contributed by atoms with Gasteiger partial charge >= 0.3 is 24.1 Å². The number of rotatable bonds is 8. The van der Waals surface area contributed by atoms with E-state index in [1.54, 1.807) is 0 Å². The molecule has 13 nitrogen and oxygen atoms in total. The van der Waals surface area contributed by atoms with Gasteiger partial charge in [0.25, 0.3) is 0 Å². The number of hydrogen-bond donors (Lipinski definition) is 8. The lowest BCUT2D eigenvalue weighted by Crippen LogP contribution is -2.38. The summed E-state index contributed by atoms with van der Waals surface area (Å²) in [6.07, 6.45) is -2.85. The summed E-state index contributed by atoms with van der Waals surface area (Å²) in [7, 11) is 0. The first-order valence-corrected chi connectivity index (χ1v) is 7.52. The van der Waals surface area contributed by atoms with Gasteiger partial charge < -0.3 is 44.0 Å². The topological polar surface area (TPSA) is 276 Å². The highest BCUT2D eigenvalue weighted by Crippen LogP contribution is 2.13. The van der Waals surface area contributed by atoms with E-state index >= 15 is 0 Å². The normalized spacial score (nSPS) is 9.48. The molecule has 0 bridgehead atoms. The number of amides is 2. The Bertz CT molecular complexity index is 485. The van der Waals surface area contributed by atoms with Crippen molar-refractivity contribution in [3.8, 4) is 0 Å². The van der Waals surface area contributed by atoms with Crippen LogP contribution in [-0.2, 0) is 24.0 Å². The van der Waals surface area contributed by atoms with Crippen LogP contribution in [0.2, 0.25) is 0 Å². The van der Waals surface area contributed by atoms with E-state index in [1.807, 2.05) is 0 Å². The molecular weight excluding hydrogens is 411 g/mol. The Balaban J connectivity index is -0.000000144. The highest BCUT2D eigenvalue weighted by molar-refractivity contribution is 5.96. The zero-order chi connectivity index (χ0) is 24.2. The quantitative estimate of drug-likeness (QED) is 0.184. The number of nitrogens with two attached hydrogens (primary N) is 5. The molecule has 0 heterocycles. The monoisotopic (exact) mass is 437 g/mol. The Hall–Kier alpha value is -2.98. The maximum absolute atomic E-state index is 10.6. The van der Waals surface area contributed by atoms with E-state index in [1.165, 1.54) is 0 Å². The summed E-state index contributed by atoms with van der Waals surface area (Å²) in [5.41, 5.74) is 24.3. The van der Waals surface area contributed by atoms with Crippen LogP contribution in [0, 0.1) is 0 Å². The van der Waals surface area contributed by atoms with Crippen molar-refractivity contribution in [2.24, 2.45) is 28.7 Å². The highest BCUT2D eigenvalue weighted by atomic mass is 19.4. The van der Waals surface area contributed by atoms with Gasteiger partial charge in [0, 0.05) is 12.8 Å². The van der Waals surface area contributed by atoms with Crippen molar-refractivity contribution in [2.75, 3.05) is 13.1 Å². The smallest absolute Gasteiger partial charge is 0.480 e. The first kappa shape index (κ1) is 33.6. The van der Waals surface area contributed by atoms with Crippen LogP contribution < -0.4 is 28.7 Å². The maximum Gasteiger partial charge on any atom is 0.490 e. The molecule has 0 aromatic heterocycles. The molecule has 0 spiro atoms. The fourth-order valence-electron chi connectivity index (χ4n) is 0.658. The summed E-state index contributed by atoms with van der Waals surface area (Å²) < 4.78 is 31.7. The molecule has 0 aromatic rings. The number of aliphatic carboxylic acids is 3. The van der Waals surface area contributed by atoms with Crippen molar-refractivity contribution in [1.82, 2.24) is 0 Å². The second kappa shape index (κ2) is 19.8. The molecular formula is C13H26F3N5O8. The Kier molecular flexibility index (Phi) is 22.9. The average Bonchev–Trinajstić information content (AvgIpc) is 2.57. The van der Waals surface area contributed by atoms with Crippen LogP contribution in [0.1, 0.15) is 25.7 Å². The number of carbonyl (C=O) groups is 5. The Morgan fingerprint density at radius 3 is 1.03 bits per heavy atom. The number of carbonyl (C=O) groups excluding carboxylic acids is 2. The SMILES string of the molecule is NC(C(=O)O)C(=O)O.NCCCC(N)=O.NCCCC(N)=O.O=C(O)C(F)(F)F. The van der Waals surface area contributed by atoms with Crippen molar-refractivity contribution in [3.05, 3.63) is 0 Å². The number of hydrogen-bond acceptors (Lipinski definition) is 8. The predicted octanol–water partition coefficient (Wildman–Crippen LogP) is -2.46. The molecule has 172 valence electrons. The molecule has 0 atom stereocenters. The van der Waals surface area contributed by atoms with E-state index in [0.717, 1.165) is 0 Å². The van der Waals surface area contributed by atoms with Gasteiger partial charge in [-0.3, -0.25) is 9.59 Å². The van der Waals surface area contributed by atoms with Gasteiger partial charge in [-0.25, -0.2) is 14.4 Å². The number of alkyl halides is 3. The van der Waals surface area contributed by atoms with E-state index in [4.69, 9.17) is 43.0 Å². The number of halogens is 3. The van der Waals surface area contributed by atoms with E-state index in [-0.39, 0.29) is 11.8 Å². The van der Waals surface area contributed by atoms with E-state index < -0.39 is 30.1 Å². The fourth-order valence-corrected chi connectivity index (χ4v) is 0.658. The molecule has 2 amide bonds. The second-order valence-electron chi connectivity index (χ2n) is 4.67.